The minimum Gasteiger partial charge on any atom is -0.382 e. The second-order valence-electron chi connectivity index (χ2n) is 4.37. The molecule has 19 heavy (non-hydrogen) atoms. The van der Waals surface area contributed by atoms with Gasteiger partial charge in [-0.15, -0.1) is 0 Å². The van der Waals surface area contributed by atoms with E-state index < -0.39 is 0 Å². The first-order valence-corrected chi connectivity index (χ1v) is 5.95. The number of nitrogens with zero attached hydrogens (tertiary/aromatic N) is 3. The quantitative estimate of drug-likeness (QED) is 0.720. The van der Waals surface area contributed by atoms with Gasteiger partial charge in [-0.2, -0.15) is 10.4 Å². The Hall–Kier alpha value is -2.80. The zero-order valence-electron chi connectivity index (χ0n) is 10.5. The first kappa shape index (κ1) is 11.3. The molecule has 0 bridgehead atoms. The number of aromatic nitrogens is 2. The van der Waals surface area contributed by atoms with Crippen molar-refractivity contribution in [2.45, 2.75) is 6.92 Å². The number of hydrogen-bond acceptors (Lipinski definition) is 3. The zero-order valence-corrected chi connectivity index (χ0v) is 10.5. The fraction of sp³-hybridized carbons (Fsp3) is 0.0667. The van der Waals surface area contributed by atoms with E-state index in [-0.39, 0.29) is 0 Å². The maximum atomic E-state index is 9.09. The molecular weight excluding hydrogens is 236 g/mol. The van der Waals surface area contributed by atoms with Gasteiger partial charge in [0, 0.05) is 5.39 Å². The van der Waals surface area contributed by atoms with E-state index >= 15 is 0 Å². The van der Waals surface area contributed by atoms with Crippen LogP contribution in [0.3, 0.4) is 0 Å². The third-order valence-corrected chi connectivity index (χ3v) is 3.20. The Balaban J connectivity index is 2.35. The summed E-state index contributed by atoms with van der Waals surface area (Å²) in [6, 6.07) is 16.1. The van der Waals surface area contributed by atoms with Crippen LogP contribution < -0.4 is 5.73 Å². The molecule has 1 aromatic heterocycles. The highest BCUT2D eigenvalue weighted by molar-refractivity contribution is 5.90. The highest BCUT2D eigenvalue weighted by Gasteiger charge is 2.14. The SMILES string of the molecule is Cc1nn(-c2cccc3ccccc23)c(N)c1C#N. The molecule has 3 rings (SSSR count). The third kappa shape index (κ3) is 1.64. The van der Waals surface area contributed by atoms with Gasteiger partial charge in [0.2, 0.25) is 0 Å². The lowest BCUT2D eigenvalue weighted by Gasteiger charge is -2.08. The molecule has 4 nitrogen and oxygen atoms in total. The van der Waals surface area contributed by atoms with Gasteiger partial charge in [-0.25, -0.2) is 4.68 Å². The van der Waals surface area contributed by atoms with E-state index in [9.17, 15) is 0 Å². The molecule has 92 valence electrons. The van der Waals surface area contributed by atoms with Gasteiger partial charge >= 0.3 is 0 Å². The van der Waals surface area contributed by atoms with Gasteiger partial charge in [0.05, 0.1) is 11.4 Å². The van der Waals surface area contributed by atoms with Crippen LogP contribution in [0.2, 0.25) is 0 Å². The molecule has 3 aromatic rings. The molecule has 2 N–H and O–H groups in total. The lowest BCUT2D eigenvalue weighted by molar-refractivity contribution is 0.878. The normalized spacial score (nSPS) is 10.5. The lowest BCUT2D eigenvalue weighted by Crippen LogP contribution is -2.03. The van der Waals surface area contributed by atoms with Crippen molar-refractivity contribution in [3.05, 3.63) is 53.7 Å². The number of hydrogen-bond donors (Lipinski definition) is 1. The van der Waals surface area contributed by atoms with Crippen molar-refractivity contribution in [2.24, 2.45) is 0 Å². The van der Waals surface area contributed by atoms with Gasteiger partial charge in [0.25, 0.3) is 0 Å². The maximum absolute atomic E-state index is 9.09. The molecule has 4 heteroatoms. The van der Waals surface area contributed by atoms with Gasteiger partial charge < -0.3 is 5.73 Å². The van der Waals surface area contributed by atoms with Crippen molar-refractivity contribution < 1.29 is 0 Å². The van der Waals surface area contributed by atoms with E-state index in [0.29, 0.717) is 17.1 Å². The van der Waals surface area contributed by atoms with Crippen molar-refractivity contribution in [1.82, 2.24) is 9.78 Å². The van der Waals surface area contributed by atoms with Crippen LogP contribution in [0.25, 0.3) is 16.5 Å². The van der Waals surface area contributed by atoms with Gasteiger partial charge in [-0.3, -0.25) is 0 Å². The molecule has 0 aliphatic carbocycles. The smallest absolute Gasteiger partial charge is 0.145 e. The summed E-state index contributed by atoms with van der Waals surface area (Å²) in [5.41, 5.74) is 7.99. The van der Waals surface area contributed by atoms with Crippen LogP contribution in [0.5, 0.6) is 0 Å². The number of rotatable bonds is 1. The number of benzene rings is 2. The predicted molar refractivity (Wildman–Crippen MR) is 74.9 cm³/mol. The van der Waals surface area contributed by atoms with Crippen molar-refractivity contribution in [1.29, 1.82) is 5.26 Å². The molecule has 0 fully saturated rings. The van der Waals surface area contributed by atoms with E-state index in [2.05, 4.69) is 11.2 Å². The van der Waals surface area contributed by atoms with Gasteiger partial charge in [0.15, 0.2) is 0 Å². The Bertz CT molecular complexity index is 803. The minimum absolute atomic E-state index is 0.386. The Kier molecular flexibility index (Phi) is 2.46. The Morgan fingerprint density at radius 2 is 1.89 bits per heavy atom. The number of nitrogens with two attached hydrogens (primary N) is 1. The van der Waals surface area contributed by atoms with Crippen LogP contribution in [-0.4, -0.2) is 9.78 Å². The molecule has 0 amide bonds. The average molecular weight is 248 g/mol. The van der Waals surface area contributed by atoms with Crippen molar-refractivity contribution in [3.63, 3.8) is 0 Å². The number of nitrogen functional groups attached to an aromatic ring is 1. The zero-order chi connectivity index (χ0) is 13.4. The van der Waals surface area contributed by atoms with E-state index in [1.54, 1.807) is 11.6 Å². The summed E-state index contributed by atoms with van der Waals surface area (Å²) in [5, 5.41) is 15.6. The molecule has 0 radical (unpaired) electrons. The van der Waals surface area contributed by atoms with Crippen LogP contribution in [-0.2, 0) is 0 Å². The van der Waals surface area contributed by atoms with Gasteiger partial charge in [-0.1, -0.05) is 36.4 Å². The van der Waals surface area contributed by atoms with Crippen LogP contribution in [0.4, 0.5) is 5.82 Å². The van der Waals surface area contributed by atoms with E-state index in [0.717, 1.165) is 16.5 Å². The fourth-order valence-corrected chi connectivity index (χ4v) is 2.26. The summed E-state index contributed by atoms with van der Waals surface area (Å²) in [5.74, 6) is 0.386. The molecule has 0 saturated heterocycles. The van der Waals surface area contributed by atoms with Crippen LogP contribution >= 0.6 is 0 Å². The largest absolute Gasteiger partial charge is 0.382 e. The van der Waals surface area contributed by atoms with Gasteiger partial charge in [-0.05, 0) is 18.4 Å². The molecule has 0 saturated carbocycles. The minimum atomic E-state index is 0.386. The van der Waals surface area contributed by atoms with Crippen molar-refractivity contribution >= 4 is 16.6 Å². The number of nitriles is 1. The summed E-state index contributed by atoms with van der Waals surface area (Å²) in [6.07, 6.45) is 0. The summed E-state index contributed by atoms with van der Waals surface area (Å²) >= 11 is 0. The summed E-state index contributed by atoms with van der Waals surface area (Å²) in [7, 11) is 0. The number of aryl methyl sites for hydroxylation is 1. The second-order valence-corrected chi connectivity index (χ2v) is 4.37. The first-order chi connectivity index (χ1) is 9.22. The predicted octanol–water partition coefficient (Wildman–Crippen LogP) is 2.79. The molecule has 0 aliphatic heterocycles. The Morgan fingerprint density at radius 3 is 2.63 bits per heavy atom. The second kappa shape index (κ2) is 4.14. The van der Waals surface area contributed by atoms with Crippen molar-refractivity contribution in [2.75, 3.05) is 5.73 Å². The molecule has 0 aliphatic rings. The van der Waals surface area contributed by atoms with E-state index in [4.69, 9.17) is 11.0 Å². The van der Waals surface area contributed by atoms with Crippen molar-refractivity contribution in [3.8, 4) is 11.8 Å². The average Bonchev–Trinajstić information content (AvgIpc) is 2.72. The first-order valence-electron chi connectivity index (χ1n) is 5.95. The Morgan fingerprint density at radius 1 is 1.16 bits per heavy atom. The Labute approximate surface area is 110 Å². The van der Waals surface area contributed by atoms with Crippen LogP contribution in [0, 0.1) is 18.3 Å². The summed E-state index contributed by atoms with van der Waals surface area (Å²) in [6.45, 7) is 1.79. The standard InChI is InChI=1S/C15H12N4/c1-10-13(9-16)15(17)19(18-10)14-8-4-6-11-5-2-3-7-12(11)14/h2-8H,17H2,1H3. The van der Waals surface area contributed by atoms with Crippen LogP contribution in [0.1, 0.15) is 11.3 Å². The molecular formula is C15H12N4. The molecule has 2 aromatic carbocycles. The lowest BCUT2D eigenvalue weighted by atomic mass is 10.1. The topological polar surface area (TPSA) is 67.6 Å². The highest BCUT2D eigenvalue weighted by atomic mass is 15.3. The number of fused-ring (bicyclic) bond motifs is 1. The van der Waals surface area contributed by atoms with E-state index in [1.807, 2.05) is 42.5 Å². The number of anilines is 1. The highest BCUT2D eigenvalue weighted by Crippen LogP contribution is 2.26. The van der Waals surface area contributed by atoms with E-state index in [1.165, 1.54) is 0 Å². The fourth-order valence-electron chi connectivity index (χ4n) is 2.26. The summed E-state index contributed by atoms with van der Waals surface area (Å²) in [4.78, 5) is 0. The summed E-state index contributed by atoms with van der Waals surface area (Å²) < 4.78 is 1.64. The van der Waals surface area contributed by atoms with Crippen LogP contribution in [0.15, 0.2) is 42.5 Å². The molecule has 1 heterocycles. The maximum Gasteiger partial charge on any atom is 0.145 e. The molecule has 0 spiro atoms. The monoisotopic (exact) mass is 248 g/mol. The molecule has 0 atom stereocenters. The van der Waals surface area contributed by atoms with Gasteiger partial charge in [0.1, 0.15) is 17.5 Å². The molecule has 0 unspecified atom stereocenters. The third-order valence-electron chi connectivity index (χ3n) is 3.20.